The average Bonchev–Trinajstić information content (AvgIpc) is 2.46. The van der Waals surface area contributed by atoms with E-state index in [0.29, 0.717) is 12.1 Å². The van der Waals surface area contributed by atoms with Gasteiger partial charge in [-0.25, -0.2) is 13.1 Å². The van der Waals surface area contributed by atoms with E-state index in [1.807, 2.05) is 0 Å². The monoisotopic (exact) mass is 325 g/mol. The van der Waals surface area contributed by atoms with Gasteiger partial charge in [-0.05, 0) is 56.0 Å². The number of nitrogens with two attached hydrogens (primary N) is 1. The first-order chi connectivity index (χ1) is 10.2. The molecule has 0 aliphatic carbocycles. The summed E-state index contributed by atoms with van der Waals surface area (Å²) in [6.07, 6.45) is 1.85. The number of carbonyl (C=O) groups excluding carboxylic acids is 1. The Kier molecular flexibility index (Phi) is 4.89. The van der Waals surface area contributed by atoms with Crippen LogP contribution in [0, 0.1) is 12.3 Å². The van der Waals surface area contributed by atoms with Crippen LogP contribution in [0.5, 0.6) is 0 Å². The number of hydrogen-bond donors (Lipinski definition) is 3. The fourth-order valence-electron chi connectivity index (χ4n) is 2.59. The van der Waals surface area contributed by atoms with Gasteiger partial charge in [-0.1, -0.05) is 13.0 Å². The maximum absolute atomic E-state index is 12.4. The first-order valence-corrected chi connectivity index (χ1v) is 8.83. The topological polar surface area (TPSA) is 101 Å². The predicted octanol–water partition coefficient (Wildman–Crippen LogP) is 0.762. The summed E-state index contributed by atoms with van der Waals surface area (Å²) in [5, 5.41) is 3.27. The predicted molar refractivity (Wildman–Crippen MR) is 85.1 cm³/mol. The van der Waals surface area contributed by atoms with Crippen molar-refractivity contribution < 1.29 is 13.2 Å². The van der Waals surface area contributed by atoms with E-state index in [9.17, 15) is 13.2 Å². The van der Waals surface area contributed by atoms with Crippen LogP contribution in [0.15, 0.2) is 23.1 Å². The molecule has 1 aliphatic heterocycles. The Morgan fingerprint density at radius 3 is 2.59 bits per heavy atom. The second-order valence-electron chi connectivity index (χ2n) is 6.23. The molecule has 0 unspecified atom stereocenters. The number of benzene rings is 1. The molecule has 2 rings (SSSR count). The van der Waals surface area contributed by atoms with Crippen molar-refractivity contribution in [3.8, 4) is 0 Å². The number of piperidine rings is 1. The Labute approximate surface area is 131 Å². The first kappa shape index (κ1) is 16.9. The highest BCUT2D eigenvalue weighted by molar-refractivity contribution is 7.89. The lowest BCUT2D eigenvalue weighted by Crippen LogP contribution is -2.42. The third kappa shape index (κ3) is 3.85. The largest absolute Gasteiger partial charge is 0.366 e. The minimum Gasteiger partial charge on any atom is -0.366 e. The van der Waals surface area contributed by atoms with Crippen molar-refractivity contribution in [3.63, 3.8) is 0 Å². The highest BCUT2D eigenvalue weighted by Gasteiger charge is 2.29. The molecule has 6 nitrogen and oxygen atoms in total. The van der Waals surface area contributed by atoms with Crippen molar-refractivity contribution in [1.29, 1.82) is 0 Å². The molecule has 1 aromatic rings. The van der Waals surface area contributed by atoms with Gasteiger partial charge in [-0.3, -0.25) is 4.79 Å². The van der Waals surface area contributed by atoms with Gasteiger partial charge >= 0.3 is 0 Å². The van der Waals surface area contributed by atoms with Crippen LogP contribution in [0.4, 0.5) is 0 Å². The summed E-state index contributed by atoms with van der Waals surface area (Å²) in [6, 6.07) is 4.43. The molecule has 0 spiro atoms. The molecular weight excluding hydrogens is 302 g/mol. The van der Waals surface area contributed by atoms with E-state index in [-0.39, 0.29) is 15.9 Å². The van der Waals surface area contributed by atoms with Crippen LogP contribution >= 0.6 is 0 Å². The van der Waals surface area contributed by atoms with Crippen LogP contribution in [-0.4, -0.2) is 34.0 Å². The number of rotatable bonds is 5. The van der Waals surface area contributed by atoms with E-state index in [4.69, 9.17) is 5.73 Å². The van der Waals surface area contributed by atoms with Gasteiger partial charge in [-0.15, -0.1) is 0 Å². The molecule has 1 fully saturated rings. The van der Waals surface area contributed by atoms with Crippen molar-refractivity contribution in [2.24, 2.45) is 11.1 Å². The van der Waals surface area contributed by atoms with Crippen LogP contribution in [0.1, 0.15) is 35.7 Å². The molecule has 0 atom stereocenters. The third-order valence-electron chi connectivity index (χ3n) is 4.28. The van der Waals surface area contributed by atoms with Gasteiger partial charge in [0.2, 0.25) is 15.9 Å². The van der Waals surface area contributed by atoms with Gasteiger partial charge < -0.3 is 11.1 Å². The van der Waals surface area contributed by atoms with Gasteiger partial charge in [0.05, 0.1) is 4.90 Å². The van der Waals surface area contributed by atoms with Gasteiger partial charge in [0.25, 0.3) is 0 Å². The van der Waals surface area contributed by atoms with E-state index in [2.05, 4.69) is 17.0 Å². The molecule has 122 valence electrons. The molecule has 1 heterocycles. The second-order valence-corrected chi connectivity index (χ2v) is 7.99. The normalized spacial score (nSPS) is 18.1. The molecule has 1 aliphatic rings. The smallest absolute Gasteiger partial charge is 0.249 e. The quantitative estimate of drug-likeness (QED) is 0.744. The molecule has 22 heavy (non-hydrogen) atoms. The van der Waals surface area contributed by atoms with Crippen molar-refractivity contribution >= 4 is 15.9 Å². The maximum Gasteiger partial charge on any atom is 0.249 e. The van der Waals surface area contributed by atoms with Crippen molar-refractivity contribution in [2.75, 3.05) is 19.6 Å². The number of nitrogens with one attached hydrogen (secondary N) is 2. The number of primary amides is 1. The van der Waals surface area contributed by atoms with Crippen molar-refractivity contribution in [2.45, 2.75) is 31.6 Å². The average molecular weight is 325 g/mol. The van der Waals surface area contributed by atoms with Crippen LogP contribution < -0.4 is 15.8 Å². The van der Waals surface area contributed by atoms with E-state index >= 15 is 0 Å². The Balaban J connectivity index is 2.16. The molecular formula is C15H23N3O3S. The van der Waals surface area contributed by atoms with Gasteiger partial charge in [0.15, 0.2) is 0 Å². The molecule has 0 radical (unpaired) electrons. The minimum absolute atomic E-state index is 0.0461. The minimum atomic E-state index is -3.65. The lowest BCUT2D eigenvalue weighted by atomic mass is 9.81. The van der Waals surface area contributed by atoms with Crippen LogP contribution in [0.25, 0.3) is 0 Å². The fraction of sp³-hybridized carbons (Fsp3) is 0.533. The summed E-state index contributed by atoms with van der Waals surface area (Å²) in [5.41, 5.74) is 6.13. The number of sulfonamides is 1. The lowest BCUT2D eigenvalue weighted by Gasteiger charge is -2.34. The Morgan fingerprint density at radius 2 is 2.00 bits per heavy atom. The third-order valence-corrected chi connectivity index (χ3v) is 5.68. The second kappa shape index (κ2) is 6.36. The van der Waals surface area contributed by atoms with Gasteiger partial charge in [0.1, 0.15) is 0 Å². The zero-order chi connectivity index (χ0) is 16.4. The standard InChI is InChI=1S/C15H23N3O3S/c1-11-3-4-12(9-13(11)14(16)19)22(20,21)18-10-15(2)5-7-17-8-6-15/h3-4,9,17-18H,5-8,10H2,1-2H3,(H2,16,19). The van der Waals surface area contributed by atoms with Crippen LogP contribution in [0.3, 0.4) is 0 Å². The number of carbonyl (C=O) groups is 1. The Bertz CT molecular complexity index is 665. The zero-order valence-electron chi connectivity index (χ0n) is 13.0. The molecule has 0 saturated carbocycles. The number of amides is 1. The summed E-state index contributed by atoms with van der Waals surface area (Å²) in [4.78, 5) is 11.4. The first-order valence-electron chi connectivity index (χ1n) is 7.34. The van der Waals surface area contributed by atoms with Crippen LogP contribution in [0.2, 0.25) is 0 Å². The SMILES string of the molecule is Cc1ccc(S(=O)(=O)NCC2(C)CCNCC2)cc1C(N)=O. The molecule has 0 aromatic heterocycles. The van der Waals surface area contributed by atoms with Gasteiger partial charge in [0, 0.05) is 12.1 Å². The van der Waals surface area contributed by atoms with E-state index in [0.717, 1.165) is 25.9 Å². The van der Waals surface area contributed by atoms with Crippen molar-refractivity contribution in [1.82, 2.24) is 10.0 Å². The molecule has 7 heteroatoms. The molecule has 4 N–H and O–H groups in total. The Hall–Kier alpha value is -1.44. The number of hydrogen-bond acceptors (Lipinski definition) is 4. The maximum atomic E-state index is 12.4. The molecule has 0 bridgehead atoms. The van der Waals surface area contributed by atoms with Gasteiger partial charge in [-0.2, -0.15) is 0 Å². The molecule has 1 saturated heterocycles. The Morgan fingerprint density at radius 1 is 1.36 bits per heavy atom. The number of aryl methyl sites for hydroxylation is 1. The van der Waals surface area contributed by atoms with E-state index < -0.39 is 15.9 Å². The zero-order valence-corrected chi connectivity index (χ0v) is 13.8. The van der Waals surface area contributed by atoms with E-state index in [1.54, 1.807) is 13.0 Å². The summed E-state index contributed by atoms with van der Waals surface area (Å²) in [6.45, 7) is 5.99. The lowest BCUT2D eigenvalue weighted by molar-refractivity contribution is 0.0999. The summed E-state index contributed by atoms with van der Waals surface area (Å²) in [7, 11) is -3.65. The highest BCUT2D eigenvalue weighted by atomic mass is 32.2. The summed E-state index contributed by atoms with van der Waals surface area (Å²) < 4.78 is 27.5. The highest BCUT2D eigenvalue weighted by Crippen LogP contribution is 2.27. The molecule has 1 aromatic carbocycles. The van der Waals surface area contributed by atoms with E-state index in [1.165, 1.54) is 12.1 Å². The van der Waals surface area contributed by atoms with Crippen LogP contribution in [-0.2, 0) is 10.0 Å². The molecule has 1 amide bonds. The fourth-order valence-corrected chi connectivity index (χ4v) is 3.82. The summed E-state index contributed by atoms with van der Waals surface area (Å²) in [5.74, 6) is -0.625. The summed E-state index contributed by atoms with van der Waals surface area (Å²) >= 11 is 0. The van der Waals surface area contributed by atoms with Crippen molar-refractivity contribution in [3.05, 3.63) is 29.3 Å².